The van der Waals surface area contributed by atoms with Crippen molar-refractivity contribution in [2.24, 2.45) is 5.92 Å². The molecular weight excluding hydrogens is 222 g/mol. The van der Waals surface area contributed by atoms with E-state index in [2.05, 4.69) is 19.2 Å². The van der Waals surface area contributed by atoms with Crippen LogP contribution in [0.25, 0.3) is 0 Å². The minimum atomic E-state index is -0.104. The molecule has 0 unspecified atom stereocenters. The highest BCUT2D eigenvalue weighted by Gasteiger charge is 2.31. The van der Waals surface area contributed by atoms with E-state index in [1.807, 2.05) is 30.3 Å². The van der Waals surface area contributed by atoms with Gasteiger partial charge < -0.3 is 5.32 Å². The van der Waals surface area contributed by atoms with Gasteiger partial charge in [0.2, 0.25) is 0 Å². The SMILES string of the molecule is CC(C)(NC(=O)c1ccccc1)C1CCCCC1. The maximum atomic E-state index is 12.2. The number of hydrogen-bond donors (Lipinski definition) is 1. The molecule has 0 atom stereocenters. The number of hydrogen-bond acceptors (Lipinski definition) is 1. The molecule has 1 aromatic carbocycles. The van der Waals surface area contributed by atoms with Gasteiger partial charge in [-0.3, -0.25) is 4.79 Å². The molecule has 0 saturated heterocycles. The van der Waals surface area contributed by atoms with Crippen LogP contribution >= 0.6 is 0 Å². The summed E-state index contributed by atoms with van der Waals surface area (Å²) in [4.78, 5) is 12.2. The first-order chi connectivity index (χ1) is 8.59. The molecule has 98 valence electrons. The number of amides is 1. The number of nitrogens with one attached hydrogen (secondary N) is 1. The Labute approximate surface area is 110 Å². The van der Waals surface area contributed by atoms with E-state index < -0.39 is 0 Å². The number of benzene rings is 1. The zero-order valence-corrected chi connectivity index (χ0v) is 11.4. The number of carbonyl (C=O) groups is 1. The first kappa shape index (κ1) is 13.1. The van der Waals surface area contributed by atoms with Crippen LogP contribution in [-0.4, -0.2) is 11.4 Å². The third-order valence-electron chi connectivity index (χ3n) is 4.10. The standard InChI is InChI=1S/C16H23NO/c1-16(2,14-11-7-4-8-12-14)17-15(18)13-9-5-3-6-10-13/h3,5-6,9-10,14H,4,7-8,11-12H2,1-2H3,(H,17,18). The molecule has 0 spiro atoms. The summed E-state index contributed by atoms with van der Waals surface area (Å²) in [5.41, 5.74) is 0.647. The van der Waals surface area contributed by atoms with Crippen molar-refractivity contribution >= 4 is 5.91 Å². The molecule has 0 heterocycles. The molecule has 0 radical (unpaired) electrons. The van der Waals surface area contributed by atoms with Gasteiger partial charge in [0, 0.05) is 11.1 Å². The van der Waals surface area contributed by atoms with Crippen molar-refractivity contribution in [2.45, 2.75) is 51.5 Å². The second-order valence-corrected chi connectivity index (χ2v) is 5.88. The maximum absolute atomic E-state index is 12.2. The minimum Gasteiger partial charge on any atom is -0.347 e. The van der Waals surface area contributed by atoms with Crippen molar-refractivity contribution in [3.8, 4) is 0 Å². The smallest absolute Gasteiger partial charge is 0.251 e. The molecule has 2 nitrogen and oxygen atoms in total. The second kappa shape index (κ2) is 5.55. The van der Waals surface area contributed by atoms with Gasteiger partial charge in [-0.1, -0.05) is 37.5 Å². The van der Waals surface area contributed by atoms with Crippen molar-refractivity contribution in [1.29, 1.82) is 0 Å². The van der Waals surface area contributed by atoms with Gasteiger partial charge in [-0.25, -0.2) is 0 Å². The average molecular weight is 245 g/mol. The van der Waals surface area contributed by atoms with Crippen molar-refractivity contribution in [1.82, 2.24) is 5.32 Å². The van der Waals surface area contributed by atoms with Gasteiger partial charge in [-0.15, -0.1) is 0 Å². The van der Waals surface area contributed by atoms with E-state index in [0.29, 0.717) is 5.92 Å². The van der Waals surface area contributed by atoms with Crippen LogP contribution in [0.2, 0.25) is 0 Å². The Hall–Kier alpha value is -1.31. The average Bonchev–Trinajstić information content (AvgIpc) is 2.40. The molecule has 18 heavy (non-hydrogen) atoms. The third-order valence-corrected chi connectivity index (χ3v) is 4.10. The first-order valence-electron chi connectivity index (χ1n) is 6.97. The van der Waals surface area contributed by atoms with E-state index in [1.165, 1.54) is 32.1 Å². The molecule has 1 aromatic rings. The van der Waals surface area contributed by atoms with Crippen LogP contribution < -0.4 is 5.32 Å². The van der Waals surface area contributed by atoms with E-state index >= 15 is 0 Å². The summed E-state index contributed by atoms with van der Waals surface area (Å²) in [5, 5.41) is 3.20. The number of rotatable bonds is 3. The molecule has 1 N–H and O–H groups in total. The van der Waals surface area contributed by atoms with Crippen LogP contribution in [0, 0.1) is 5.92 Å². The van der Waals surface area contributed by atoms with Gasteiger partial charge in [0.1, 0.15) is 0 Å². The van der Waals surface area contributed by atoms with E-state index in [9.17, 15) is 4.79 Å². The summed E-state index contributed by atoms with van der Waals surface area (Å²) in [6.45, 7) is 4.31. The summed E-state index contributed by atoms with van der Waals surface area (Å²) in [7, 11) is 0. The van der Waals surface area contributed by atoms with Crippen LogP contribution in [0.15, 0.2) is 30.3 Å². The molecule has 1 fully saturated rings. The van der Waals surface area contributed by atoms with Gasteiger partial charge in [0.15, 0.2) is 0 Å². The van der Waals surface area contributed by atoms with Gasteiger partial charge in [0.05, 0.1) is 0 Å². The summed E-state index contributed by atoms with van der Waals surface area (Å²) in [5.74, 6) is 0.657. The van der Waals surface area contributed by atoms with Crippen molar-refractivity contribution < 1.29 is 4.79 Å². The Balaban J connectivity index is 2.01. The van der Waals surface area contributed by atoms with Gasteiger partial charge >= 0.3 is 0 Å². The highest BCUT2D eigenvalue weighted by Crippen LogP contribution is 2.32. The molecule has 0 bridgehead atoms. The van der Waals surface area contributed by atoms with Crippen LogP contribution in [0.5, 0.6) is 0 Å². The zero-order valence-electron chi connectivity index (χ0n) is 11.4. The van der Waals surface area contributed by atoms with Crippen molar-refractivity contribution in [3.63, 3.8) is 0 Å². The Morgan fingerprint density at radius 2 is 1.72 bits per heavy atom. The quantitative estimate of drug-likeness (QED) is 0.862. The molecule has 1 aliphatic rings. The fourth-order valence-electron chi connectivity index (χ4n) is 2.88. The molecule has 2 heteroatoms. The third kappa shape index (κ3) is 3.12. The predicted molar refractivity (Wildman–Crippen MR) is 74.6 cm³/mol. The summed E-state index contributed by atoms with van der Waals surface area (Å²) in [6, 6.07) is 9.48. The Morgan fingerprint density at radius 3 is 2.33 bits per heavy atom. The molecule has 1 amide bonds. The predicted octanol–water partition coefficient (Wildman–Crippen LogP) is 3.78. The Morgan fingerprint density at radius 1 is 1.11 bits per heavy atom. The van der Waals surface area contributed by atoms with E-state index in [4.69, 9.17) is 0 Å². The van der Waals surface area contributed by atoms with Crippen LogP contribution in [-0.2, 0) is 0 Å². The minimum absolute atomic E-state index is 0.0474. The maximum Gasteiger partial charge on any atom is 0.251 e. The fourth-order valence-corrected chi connectivity index (χ4v) is 2.88. The Kier molecular flexibility index (Phi) is 4.05. The molecule has 1 saturated carbocycles. The lowest BCUT2D eigenvalue weighted by atomic mass is 9.76. The second-order valence-electron chi connectivity index (χ2n) is 5.88. The lowest BCUT2D eigenvalue weighted by Gasteiger charge is -2.37. The zero-order chi connectivity index (χ0) is 13.0. The lowest BCUT2D eigenvalue weighted by Crippen LogP contribution is -2.49. The number of carbonyl (C=O) groups excluding carboxylic acids is 1. The van der Waals surface area contributed by atoms with Crippen molar-refractivity contribution in [3.05, 3.63) is 35.9 Å². The van der Waals surface area contributed by atoms with Gasteiger partial charge in [0.25, 0.3) is 5.91 Å². The monoisotopic (exact) mass is 245 g/mol. The van der Waals surface area contributed by atoms with E-state index in [-0.39, 0.29) is 11.4 Å². The summed E-state index contributed by atoms with van der Waals surface area (Å²) >= 11 is 0. The van der Waals surface area contributed by atoms with Gasteiger partial charge in [-0.05, 0) is 44.7 Å². The van der Waals surface area contributed by atoms with E-state index in [1.54, 1.807) is 0 Å². The van der Waals surface area contributed by atoms with Crippen molar-refractivity contribution in [2.75, 3.05) is 0 Å². The molecule has 0 aromatic heterocycles. The summed E-state index contributed by atoms with van der Waals surface area (Å²) < 4.78 is 0. The fraction of sp³-hybridized carbons (Fsp3) is 0.562. The lowest BCUT2D eigenvalue weighted by molar-refractivity contribution is 0.0859. The highest BCUT2D eigenvalue weighted by molar-refractivity contribution is 5.94. The van der Waals surface area contributed by atoms with E-state index in [0.717, 1.165) is 5.56 Å². The normalized spacial score (nSPS) is 17.4. The highest BCUT2D eigenvalue weighted by atomic mass is 16.1. The molecular formula is C16H23NO. The largest absolute Gasteiger partial charge is 0.347 e. The van der Waals surface area contributed by atoms with Gasteiger partial charge in [-0.2, -0.15) is 0 Å². The van der Waals surface area contributed by atoms with Crippen LogP contribution in [0.3, 0.4) is 0 Å². The molecule has 1 aliphatic carbocycles. The van der Waals surface area contributed by atoms with Crippen LogP contribution in [0.4, 0.5) is 0 Å². The van der Waals surface area contributed by atoms with Crippen LogP contribution in [0.1, 0.15) is 56.3 Å². The molecule has 2 rings (SSSR count). The molecule has 0 aliphatic heterocycles. The summed E-state index contributed by atoms with van der Waals surface area (Å²) in [6.07, 6.45) is 6.42. The first-order valence-corrected chi connectivity index (χ1v) is 6.97. The Bertz CT molecular complexity index is 391. The topological polar surface area (TPSA) is 29.1 Å².